The van der Waals surface area contributed by atoms with Crippen LogP contribution in [0.3, 0.4) is 0 Å². The van der Waals surface area contributed by atoms with Gasteiger partial charge in [-0.05, 0) is 36.2 Å². The minimum Gasteiger partial charge on any atom is -0.389 e. The first-order chi connectivity index (χ1) is 10.1. The Hall–Kier alpha value is -2.40. The Labute approximate surface area is 124 Å². The van der Waals surface area contributed by atoms with Gasteiger partial charge in [-0.3, -0.25) is 4.98 Å². The maximum absolute atomic E-state index is 12.1. The van der Waals surface area contributed by atoms with Crippen molar-refractivity contribution in [3.8, 4) is 0 Å². The molecule has 5 heteroatoms. The van der Waals surface area contributed by atoms with Gasteiger partial charge in [0, 0.05) is 31.7 Å². The van der Waals surface area contributed by atoms with Crippen molar-refractivity contribution in [2.75, 3.05) is 12.4 Å². The van der Waals surface area contributed by atoms with Gasteiger partial charge in [0.1, 0.15) is 0 Å². The second kappa shape index (κ2) is 6.85. The minimum atomic E-state index is -0.511. The molecule has 1 aromatic carbocycles. The summed E-state index contributed by atoms with van der Waals surface area (Å²) >= 11 is 0. The van der Waals surface area contributed by atoms with E-state index in [-0.39, 0.29) is 6.03 Å². The number of nitrogens with zero attached hydrogens (tertiary/aromatic N) is 2. The molecule has 0 aliphatic heterocycles. The maximum atomic E-state index is 12.1. The molecule has 0 bridgehead atoms. The average Bonchev–Trinajstić information content (AvgIpc) is 2.48. The van der Waals surface area contributed by atoms with Crippen LogP contribution in [0.2, 0.25) is 0 Å². The molecule has 2 rings (SSSR count). The second-order valence-corrected chi connectivity index (χ2v) is 4.95. The highest BCUT2D eigenvalue weighted by molar-refractivity contribution is 5.89. The van der Waals surface area contributed by atoms with Crippen molar-refractivity contribution >= 4 is 11.7 Å². The first-order valence-electron chi connectivity index (χ1n) is 6.75. The SMILES string of the molecule is CC(O)c1ccc(NC(=O)N(C)Cc2cccnc2)cc1. The fourth-order valence-electron chi connectivity index (χ4n) is 1.90. The van der Waals surface area contributed by atoms with Crippen LogP contribution in [0, 0.1) is 0 Å². The third-order valence-corrected chi connectivity index (χ3v) is 3.13. The summed E-state index contributed by atoms with van der Waals surface area (Å²) in [6, 6.07) is 10.7. The van der Waals surface area contributed by atoms with Crippen LogP contribution in [-0.2, 0) is 6.54 Å². The lowest BCUT2D eigenvalue weighted by Gasteiger charge is -2.18. The van der Waals surface area contributed by atoms with Crippen molar-refractivity contribution in [3.05, 3.63) is 59.9 Å². The molecule has 0 fully saturated rings. The number of pyridine rings is 1. The maximum Gasteiger partial charge on any atom is 0.321 e. The number of urea groups is 1. The molecule has 21 heavy (non-hydrogen) atoms. The first-order valence-corrected chi connectivity index (χ1v) is 6.75. The van der Waals surface area contributed by atoms with Gasteiger partial charge in [0.05, 0.1) is 6.10 Å². The highest BCUT2D eigenvalue weighted by Crippen LogP contribution is 2.16. The Balaban J connectivity index is 1.94. The lowest BCUT2D eigenvalue weighted by atomic mass is 10.1. The molecular weight excluding hydrogens is 266 g/mol. The van der Waals surface area contributed by atoms with Gasteiger partial charge >= 0.3 is 6.03 Å². The highest BCUT2D eigenvalue weighted by Gasteiger charge is 2.09. The zero-order valence-electron chi connectivity index (χ0n) is 12.2. The van der Waals surface area contributed by atoms with Crippen LogP contribution in [0.4, 0.5) is 10.5 Å². The number of carbonyl (C=O) groups excluding carboxylic acids is 1. The van der Waals surface area contributed by atoms with Gasteiger partial charge in [-0.25, -0.2) is 4.79 Å². The van der Waals surface area contributed by atoms with Crippen molar-refractivity contribution in [1.82, 2.24) is 9.88 Å². The van der Waals surface area contributed by atoms with E-state index < -0.39 is 6.10 Å². The number of benzene rings is 1. The minimum absolute atomic E-state index is 0.191. The molecule has 1 aromatic heterocycles. The molecule has 0 spiro atoms. The third-order valence-electron chi connectivity index (χ3n) is 3.13. The van der Waals surface area contributed by atoms with E-state index in [0.29, 0.717) is 12.2 Å². The normalized spacial score (nSPS) is 11.8. The molecule has 1 unspecified atom stereocenters. The van der Waals surface area contributed by atoms with Crippen LogP contribution >= 0.6 is 0 Å². The standard InChI is InChI=1S/C16H19N3O2/c1-12(20)14-5-7-15(8-6-14)18-16(21)19(2)11-13-4-3-9-17-10-13/h3-10,12,20H,11H2,1-2H3,(H,18,21). The zero-order chi connectivity index (χ0) is 15.2. The van der Waals surface area contributed by atoms with E-state index in [1.807, 2.05) is 12.1 Å². The Kier molecular flexibility index (Phi) is 4.90. The van der Waals surface area contributed by atoms with Crippen LogP contribution in [0.25, 0.3) is 0 Å². The number of aliphatic hydroxyl groups excluding tert-OH is 1. The van der Waals surface area contributed by atoms with Gasteiger partial charge in [-0.2, -0.15) is 0 Å². The molecule has 0 saturated heterocycles. The van der Waals surface area contributed by atoms with Gasteiger partial charge < -0.3 is 15.3 Å². The first kappa shape index (κ1) is 15.0. The van der Waals surface area contributed by atoms with Gasteiger partial charge in [-0.1, -0.05) is 18.2 Å². The topological polar surface area (TPSA) is 65.5 Å². The molecule has 2 amide bonds. The molecular formula is C16H19N3O2. The predicted octanol–water partition coefficient (Wildman–Crippen LogP) is 2.80. The lowest BCUT2D eigenvalue weighted by molar-refractivity contribution is 0.199. The monoisotopic (exact) mass is 285 g/mol. The molecule has 5 nitrogen and oxygen atoms in total. The number of rotatable bonds is 4. The van der Waals surface area contributed by atoms with Gasteiger partial charge in [0.2, 0.25) is 0 Å². The zero-order valence-corrected chi connectivity index (χ0v) is 12.2. The van der Waals surface area contributed by atoms with E-state index in [1.54, 1.807) is 55.5 Å². The number of nitrogens with one attached hydrogen (secondary N) is 1. The van der Waals surface area contributed by atoms with Crippen LogP contribution in [-0.4, -0.2) is 28.1 Å². The van der Waals surface area contributed by atoms with E-state index in [4.69, 9.17) is 0 Å². The summed E-state index contributed by atoms with van der Waals surface area (Å²) in [4.78, 5) is 17.7. The number of anilines is 1. The van der Waals surface area contributed by atoms with Gasteiger partial charge in [0.15, 0.2) is 0 Å². The lowest BCUT2D eigenvalue weighted by Crippen LogP contribution is -2.30. The van der Waals surface area contributed by atoms with Crippen LogP contribution in [0.1, 0.15) is 24.2 Å². The number of amides is 2. The molecule has 0 aliphatic rings. The van der Waals surface area contributed by atoms with Crippen molar-refractivity contribution < 1.29 is 9.90 Å². The molecule has 2 aromatic rings. The molecule has 0 aliphatic carbocycles. The third kappa shape index (κ3) is 4.29. The van der Waals surface area contributed by atoms with E-state index >= 15 is 0 Å². The van der Waals surface area contributed by atoms with Crippen LogP contribution < -0.4 is 5.32 Å². The molecule has 0 saturated carbocycles. The summed E-state index contributed by atoms with van der Waals surface area (Å²) in [6.45, 7) is 2.20. The number of hydrogen-bond acceptors (Lipinski definition) is 3. The van der Waals surface area contributed by atoms with Crippen LogP contribution in [0.5, 0.6) is 0 Å². The summed E-state index contributed by atoms with van der Waals surface area (Å²) in [6.07, 6.45) is 2.93. The number of aromatic nitrogens is 1. The number of aliphatic hydroxyl groups is 1. The summed E-state index contributed by atoms with van der Waals surface area (Å²) in [7, 11) is 1.73. The summed E-state index contributed by atoms with van der Waals surface area (Å²) in [5.74, 6) is 0. The fraction of sp³-hybridized carbons (Fsp3) is 0.250. The summed E-state index contributed by atoms with van der Waals surface area (Å²) in [5.41, 5.74) is 2.48. The highest BCUT2D eigenvalue weighted by atomic mass is 16.3. The quantitative estimate of drug-likeness (QED) is 0.907. The van der Waals surface area contributed by atoms with Gasteiger partial charge in [-0.15, -0.1) is 0 Å². The smallest absolute Gasteiger partial charge is 0.321 e. The molecule has 1 heterocycles. The Morgan fingerprint density at radius 1 is 1.33 bits per heavy atom. The molecule has 0 radical (unpaired) electrons. The fourth-order valence-corrected chi connectivity index (χ4v) is 1.90. The number of hydrogen-bond donors (Lipinski definition) is 2. The predicted molar refractivity (Wildman–Crippen MR) is 81.8 cm³/mol. The van der Waals surface area contributed by atoms with Crippen molar-refractivity contribution in [3.63, 3.8) is 0 Å². The van der Waals surface area contributed by atoms with Crippen molar-refractivity contribution in [1.29, 1.82) is 0 Å². The van der Waals surface area contributed by atoms with E-state index in [0.717, 1.165) is 11.1 Å². The molecule has 2 N–H and O–H groups in total. The Morgan fingerprint density at radius 2 is 2.05 bits per heavy atom. The van der Waals surface area contributed by atoms with E-state index in [2.05, 4.69) is 10.3 Å². The largest absolute Gasteiger partial charge is 0.389 e. The summed E-state index contributed by atoms with van der Waals surface area (Å²) in [5, 5.41) is 12.3. The Morgan fingerprint density at radius 3 is 2.62 bits per heavy atom. The summed E-state index contributed by atoms with van der Waals surface area (Å²) < 4.78 is 0. The Bertz CT molecular complexity index is 582. The van der Waals surface area contributed by atoms with Gasteiger partial charge in [0.25, 0.3) is 0 Å². The van der Waals surface area contributed by atoms with Crippen LogP contribution in [0.15, 0.2) is 48.8 Å². The molecule has 1 atom stereocenters. The average molecular weight is 285 g/mol. The van der Waals surface area contributed by atoms with E-state index in [9.17, 15) is 9.90 Å². The second-order valence-electron chi connectivity index (χ2n) is 4.95. The van der Waals surface area contributed by atoms with E-state index in [1.165, 1.54) is 0 Å². The number of carbonyl (C=O) groups is 1. The molecule has 110 valence electrons. The van der Waals surface area contributed by atoms with Crippen molar-refractivity contribution in [2.45, 2.75) is 19.6 Å². The van der Waals surface area contributed by atoms with Crippen molar-refractivity contribution in [2.24, 2.45) is 0 Å².